The minimum absolute atomic E-state index is 0. The summed E-state index contributed by atoms with van der Waals surface area (Å²) in [7, 11) is 0. The third-order valence-corrected chi connectivity index (χ3v) is 6.50. The second-order valence-electron chi connectivity index (χ2n) is 8.47. The van der Waals surface area contributed by atoms with E-state index in [1.54, 1.807) is 0 Å². The number of para-hydroxylation sites is 1. The second kappa shape index (κ2) is 8.99. The standard InChI is InChI=1S/C24H28N4O2.ClH/c1-19-23(29)28(21-7-3-2-4-8-21)18-24(30-19)10-14-26(15-11-24)16-17-27-13-9-20-6-5-12-25-22(20)27;/h2-9,12-13,19H,10-11,14-18H2,1H3;1H. The maximum absolute atomic E-state index is 12.7. The molecule has 1 aromatic carbocycles. The number of piperidine rings is 1. The van der Waals surface area contributed by atoms with Crippen molar-refractivity contribution >= 4 is 35.0 Å². The number of hydrogen-bond donors (Lipinski definition) is 0. The van der Waals surface area contributed by atoms with Crippen LogP contribution in [0.2, 0.25) is 0 Å². The van der Waals surface area contributed by atoms with Crippen LogP contribution in [0.15, 0.2) is 60.9 Å². The molecule has 4 heterocycles. The minimum atomic E-state index is -0.400. The van der Waals surface area contributed by atoms with E-state index in [2.05, 4.69) is 32.8 Å². The Morgan fingerprint density at radius 2 is 1.84 bits per heavy atom. The van der Waals surface area contributed by atoms with Gasteiger partial charge in [-0.3, -0.25) is 4.79 Å². The van der Waals surface area contributed by atoms with Gasteiger partial charge < -0.3 is 19.1 Å². The first-order chi connectivity index (χ1) is 14.6. The third kappa shape index (κ3) is 4.33. The molecule has 5 rings (SSSR count). The number of morpholine rings is 1. The molecule has 7 heteroatoms. The molecule has 2 aromatic heterocycles. The molecule has 0 radical (unpaired) electrons. The molecule has 1 spiro atoms. The molecule has 6 nitrogen and oxygen atoms in total. The summed E-state index contributed by atoms with van der Waals surface area (Å²) in [6.45, 7) is 6.41. The Labute approximate surface area is 189 Å². The minimum Gasteiger partial charge on any atom is -0.360 e. The second-order valence-corrected chi connectivity index (χ2v) is 8.47. The maximum atomic E-state index is 12.7. The maximum Gasteiger partial charge on any atom is 0.255 e. The molecule has 0 N–H and O–H groups in total. The SMILES string of the molecule is CC1OC2(CCN(CCn3ccc4cccnc43)CC2)CN(c2ccccc2)C1=O.Cl. The predicted octanol–water partition coefficient (Wildman–Crippen LogP) is 3.74. The highest BCUT2D eigenvalue weighted by atomic mass is 35.5. The molecule has 1 amide bonds. The number of carbonyl (C=O) groups excluding carboxylic acids is 1. The van der Waals surface area contributed by atoms with E-state index in [0.717, 1.165) is 50.4 Å². The topological polar surface area (TPSA) is 50.6 Å². The van der Waals surface area contributed by atoms with Gasteiger partial charge in [-0.1, -0.05) is 18.2 Å². The van der Waals surface area contributed by atoms with Gasteiger partial charge in [0.05, 0.1) is 12.1 Å². The van der Waals surface area contributed by atoms with Crippen LogP contribution >= 0.6 is 12.4 Å². The van der Waals surface area contributed by atoms with Crippen LogP contribution < -0.4 is 4.90 Å². The molecular weight excluding hydrogens is 412 g/mol. The average molecular weight is 441 g/mol. The first-order valence-electron chi connectivity index (χ1n) is 10.8. The molecule has 3 aromatic rings. The fraction of sp³-hybridized carbons (Fsp3) is 0.417. The number of aromatic nitrogens is 2. The van der Waals surface area contributed by atoms with Gasteiger partial charge >= 0.3 is 0 Å². The van der Waals surface area contributed by atoms with Crippen molar-refractivity contribution in [3.8, 4) is 0 Å². The number of amides is 1. The van der Waals surface area contributed by atoms with Crippen molar-refractivity contribution < 1.29 is 9.53 Å². The van der Waals surface area contributed by atoms with E-state index in [1.807, 2.05) is 54.4 Å². The van der Waals surface area contributed by atoms with E-state index in [9.17, 15) is 4.79 Å². The molecule has 2 saturated heterocycles. The lowest BCUT2D eigenvalue weighted by Crippen LogP contribution is -2.61. The number of ether oxygens (including phenoxy) is 1. The van der Waals surface area contributed by atoms with Crippen molar-refractivity contribution in [2.45, 2.75) is 38.0 Å². The molecule has 2 fully saturated rings. The Morgan fingerprint density at radius 3 is 2.61 bits per heavy atom. The molecule has 1 unspecified atom stereocenters. The van der Waals surface area contributed by atoms with E-state index in [4.69, 9.17) is 4.74 Å². The lowest BCUT2D eigenvalue weighted by molar-refractivity contribution is -0.161. The molecule has 2 aliphatic heterocycles. The van der Waals surface area contributed by atoms with Crippen LogP contribution in [0.25, 0.3) is 11.0 Å². The summed E-state index contributed by atoms with van der Waals surface area (Å²) >= 11 is 0. The number of anilines is 1. The number of fused-ring (bicyclic) bond motifs is 1. The van der Waals surface area contributed by atoms with Gasteiger partial charge in [0.15, 0.2) is 0 Å². The molecule has 2 aliphatic rings. The van der Waals surface area contributed by atoms with Gasteiger partial charge in [-0.05, 0) is 50.1 Å². The van der Waals surface area contributed by atoms with Crippen LogP contribution in [0.3, 0.4) is 0 Å². The van der Waals surface area contributed by atoms with E-state index < -0.39 is 6.10 Å². The van der Waals surface area contributed by atoms with Crippen molar-refractivity contribution in [1.82, 2.24) is 14.5 Å². The summed E-state index contributed by atoms with van der Waals surface area (Å²) in [5.41, 5.74) is 1.76. The van der Waals surface area contributed by atoms with E-state index in [0.29, 0.717) is 6.54 Å². The van der Waals surface area contributed by atoms with E-state index in [-0.39, 0.29) is 23.9 Å². The highest BCUT2D eigenvalue weighted by Gasteiger charge is 2.45. The molecule has 31 heavy (non-hydrogen) atoms. The zero-order valence-corrected chi connectivity index (χ0v) is 18.6. The number of rotatable bonds is 4. The smallest absolute Gasteiger partial charge is 0.255 e. The van der Waals surface area contributed by atoms with Gasteiger partial charge in [0.1, 0.15) is 11.8 Å². The Bertz CT molecular complexity index is 1030. The Balaban J connectivity index is 0.00000231. The number of pyridine rings is 1. The quantitative estimate of drug-likeness (QED) is 0.620. The normalized spacial score (nSPS) is 21.4. The monoisotopic (exact) mass is 440 g/mol. The largest absolute Gasteiger partial charge is 0.360 e. The van der Waals surface area contributed by atoms with Crippen LogP contribution in [-0.2, 0) is 16.1 Å². The van der Waals surface area contributed by atoms with Crippen LogP contribution in [0.4, 0.5) is 5.69 Å². The highest BCUT2D eigenvalue weighted by Crippen LogP contribution is 2.35. The van der Waals surface area contributed by atoms with Crippen LogP contribution in [0.1, 0.15) is 19.8 Å². The van der Waals surface area contributed by atoms with Gasteiger partial charge in [-0.25, -0.2) is 4.98 Å². The lowest BCUT2D eigenvalue weighted by Gasteiger charge is -2.49. The van der Waals surface area contributed by atoms with E-state index in [1.165, 1.54) is 5.39 Å². The van der Waals surface area contributed by atoms with Gasteiger partial charge in [-0.15, -0.1) is 12.4 Å². The zero-order chi connectivity index (χ0) is 20.6. The molecule has 0 saturated carbocycles. The average Bonchev–Trinajstić information content (AvgIpc) is 3.20. The van der Waals surface area contributed by atoms with Crippen LogP contribution in [0, 0.1) is 0 Å². The third-order valence-electron chi connectivity index (χ3n) is 6.50. The lowest BCUT2D eigenvalue weighted by atomic mass is 9.88. The van der Waals surface area contributed by atoms with Crippen molar-refractivity contribution in [2.24, 2.45) is 0 Å². The Hall–Kier alpha value is -2.41. The van der Waals surface area contributed by atoms with Gasteiger partial charge in [-0.2, -0.15) is 0 Å². The Morgan fingerprint density at radius 1 is 1.06 bits per heavy atom. The van der Waals surface area contributed by atoms with Crippen molar-refractivity contribution in [2.75, 3.05) is 31.1 Å². The first-order valence-corrected chi connectivity index (χ1v) is 10.8. The van der Waals surface area contributed by atoms with Gasteiger partial charge in [0.25, 0.3) is 5.91 Å². The Kier molecular flexibility index (Phi) is 6.32. The number of benzene rings is 1. The van der Waals surface area contributed by atoms with E-state index >= 15 is 0 Å². The summed E-state index contributed by atoms with van der Waals surface area (Å²) < 4.78 is 8.53. The summed E-state index contributed by atoms with van der Waals surface area (Å²) in [5.74, 6) is 0.0567. The summed E-state index contributed by atoms with van der Waals surface area (Å²) in [6, 6.07) is 16.2. The predicted molar refractivity (Wildman–Crippen MR) is 125 cm³/mol. The number of nitrogens with zero attached hydrogens (tertiary/aromatic N) is 4. The fourth-order valence-corrected chi connectivity index (χ4v) is 4.78. The fourth-order valence-electron chi connectivity index (χ4n) is 4.78. The summed E-state index contributed by atoms with van der Waals surface area (Å²) in [6.07, 6.45) is 5.46. The molecular formula is C24H29ClN4O2. The number of halogens is 1. The van der Waals surface area contributed by atoms with Gasteiger partial charge in [0.2, 0.25) is 0 Å². The summed E-state index contributed by atoms with van der Waals surface area (Å²) in [5, 5.41) is 1.19. The first kappa shape index (κ1) is 21.8. The van der Waals surface area contributed by atoms with Gasteiger partial charge in [0, 0.05) is 49.6 Å². The molecule has 0 bridgehead atoms. The van der Waals surface area contributed by atoms with Crippen molar-refractivity contribution in [3.05, 3.63) is 60.9 Å². The highest BCUT2D eigenvalue weighted by molar-refractivity contribution is 5.97. The molecule has 164 valence electrons. The van der Waals surface area contributed by atoms with Crippen molar-refractivity contribution in [3.63, 3.8) is 0 Å². The summed E-state index contributed by atoms with van der Waals surface area (Å²) in [4.78, 5) is 21.7. The number of carbonyl (C=O) groups is 1. The van der Waals surface area contributed by atoms with Crippen LogP contribution in [-0.4, -0.2) is 58.2 Å². The van der Waals surface area contributed by atoms with Crippen LogP contribution in [0.5, 0.6) is 0 Å². The molecule has 0 aliphatic carbocycles. The number of hydrogen-bond acceptors (Lipinski definition) is 4. The number of likely N-dealkylation sites (tertiary alicyclic amines) is 1. The molecule has 1 atom stereocenters. The zero-order valence-electron chi connectivity index (χ0n) is 17.8. The van der Waals surface area contributed by atoms with Crippen molar-refractivity contribution in [1.29, 1.82) is 0 Å².